The summed E-state index contributed by atoms with van der Waals surface area (Å²) in [5.41, 5.74) is 5.73. The van der Waals surface area contributed by atoms with Crippen molar-refractivity contribution in [2.24, 2.45) is 5.73 Å². The SMILES string of the molecule is CCCCCCCOc1nccc(C(=N)N)n1. The van der Waals surface area contributed by atoms with E-state index in [0.29, 0.717) is 18.3 Å². The molecule has 0 spiro atoms. The van der Waals surface area contributed by atoms with E-state index in [9.17, 15) is 0 Å². The Labute approximate surface area is 102 Å². The number of nitrogen functional groups attached to an aromatic ring is 1. The molecule has 1 aromatic rings. The zero-order valence-corrected chi connectivity index (χ0v) is 10.3. The highest BCUT2D eigenvalue weighted by Crippen LogP contribution is 2.06. The van der Waals surface area contributed by atoms with Crippen molar-refractivity contribution in [3.63, 3.8) is 0 Å². The number of nitrogens with one attached hydrogen (secondary N) is 1. The molecule has 5 nitrogen and oxygen atoms in total. The van der Waals surface area contributed by atoms with E-state index >= 15 is 0 Å². The average molecular weight is 236 g/mol. The van der Waals surface area contributed by atoms with Gasteiger partial charge in [-0.3, -0.25) is 5.41 Å². The lowest BCUT2D eigenvalue weighted by Gasteiger charge is -2.05. The van der Waals surface area contributed by atoms with Crippen LogP contribution < -0.4 is 10.5 Å². The first kappa shape index (κ1) is 13.4. The van der Waals surface area contributed by atoms with Crippen LogP contribution in [0.5, 0.6) is 6.01 Å². The first-order chi connectivity index (χ1) is 8.24. The van der Waals surface area contributed by atoms with E-state index in [2.05, 4.69) is 16.9 Å². The molecule has 0 aliphatic heterocycles. The average Bonchev–Trinajstić information content (AvgIpc) is 2.34. The third kappa shape index (κ3) is 5.29. The van der Waals surface area contributed by atoms with Crippen LogP contribution in [0.15, 0.2) is 12.3 Å². The van der Waals surface area contributed by atoms with Crippen LogP contribution in [-0.2, 0) is 0 Å². The van der Waals surface area contributed by atoms with E-state index in [1.165, 1.54) is 25.7 Å². The van der Waals surface area contributed by atoms with Crippen LogP contribution in [0.1, 0.15) is 44.7 Å². The van der Waals surface area contributed by atoms with Gasteiger partial charge in [-0.1, -0.05) is 32.6 Å². The lowest BCUT2D eigenvalue weighted by molar-refractivity contribution is 0.281. The Morgan fingerprint density at radius 3 is 2.82 bits per heavy atom. The number of hydrogen-bond acceptors (Lipinski definition) is 4. The van der Waals surface area contributed by atoms with E-state index in [1.54, 1.807) is 12.3 Å². The van der Waals surface area contributed by atoms with Gasteiger partial charge in [0.25, 0.3) is 0 Å². The molecule has 5 heteroatoms. The molecule has 0 aliphatic rings. The highest BCUT2D eigenvalue weighted by atomic mass is 16.5. The van der Waals surface area contributed by atoms with Crippen LogP contribution in [0, 0.1) is 5.41 Å². The van der Waals surface area contributed by atoms with Crippen LogP contribution in [0.25, 0.3) is 0 Å². The van der Waals surface area contributed by atoms with Gasteiger partial charge in [0.15, 0.2) is 0 Å². The van der Waals surface area contributed by atoms with Crippen molar-refractivity contribution in [2.45, 2.75) is 39.0 Å². The standard InChI is InChI=1S/C12H20N4O/c1-2-3-4-5-6-9-17-12-15-8-7-10(16-12)11(13)14/h7-8H,2-6,9H2,1H3,(H3,13,14). The zero-order valence-electron chi connectivity index (χ0n) is 10.3. The van der Waals surface area contributed by atoms with Gasteiger partial charge in [-0.15, -0.1) is 0 Å². The molecule has 0 radical (unpaired) electrons. The summed E-state index contributed by atoms with van der Waals surface area (Å²) in [7, 11) is 0. The Balaban J connectivity index is 2.27. The molecule has 0 aromatic carbocycles. The van der Waals surface area contributed by atoms with Gasteiger partial charge in [-0.25, -0.2) is 4.98 Å². The predicted octanol–water partition coefficient (Wildman–Crippen LogP) is 2.11. The molecular formula is C12H20N4O. The number of hydrogen-bond donors (Lipinski definition) is 2. The molecule has 1 rings (SSSR count). The minimum atomic E-state index is -0.0693. The summed E-state index contributed by atoms with van der Waals surface area (Å²) in [6.07, 6.45) is 7.49. The Morgan fingerprint density at radius 2 is 2.12 bits per heavy atom. The summed E-state index contributed by atoms with van der Waals surface area (Å²) in [5.74, 6) is -0.0693. The molecule has 17 heavy (non-hydrogen) atoms. The van der Waals surface area contributed by atoms with Crippen LogP contribution in [0.2, 0.25) is 0 Å². The first-order valence-electron chi connectivity index (χ1n) is 6.04. The molecule has 94 valence electrons. The Kier molecular flexibility index (Phi) is 5.99. The van der Waals surface area contributed by atoms with Gasteiger partial charge in [0, 0.05) is 6.20 Å². The second kappa shape index (κ2) is 7.60. The highest BCUT2D eigenvalue weighted by molar-refractivity contribution is 5.92. The van der Waals surface area contributed by atoms with Crippen molar-refractivity contribution in [1.82, 2.24) is 9.97 Å². The van der Waals surface area contributed by atoms with Gasteiger partial charge in [-0.05, 0) is 12.5 Å². The second-order valence-electron chi connectivity index (χ2n) is 3.90. The maximum absolute atomic E-state index is 7.25. The Morgan fingerprint density at radius 1 is 1.35 bits per heavy atom. The number of rotatable bonds is 8. The topological polar surface area (TPSA) is 84.9 Å². The molecule has 0 bridgehead atoms. The molecule has 0 aliphatic carbocycles. The van der Waals surface area contributed by atoms with Crippen molar-refractivity contribution in [3.8, 4) is 6.01 Å². The number of unbranched alkanes of at least 4 members (excludes halogenated alkanes) is 4. The molecule has 0 unspecified atom stereocenters. The van der Waals surface area contributed by atoms with E-state index < -0.39 is 0 Å². The molecule has 0 amide bonds. The molecule has 0 atom stereocenters. The number of ether oxygens (including phenoxy) is 1. The predicted molar refractivity (Wildman–Crippen MR) is 67.3 cm³/mol. The van der Waals surface area contributed by atoms with Crippen molar-refractivity contribution in [3.05, 3.63) is 18.0 Å². The highest BCUT2D eigenvalue weighted by Gasteiger charge is 2.02. The Bertz CT molecular complexity index is 354. The van der Waals surface area contributed by atoms with Crippen LogP contribution in [-0.4, -0.2) is 22.4 Å². The molecule has 1 heterocycles. The van der Waals surface area contributed by atoms with E-state index in [1.807, 2.05) is 0 Å². The molecule has 3 N–H and O–H groups in total. The van der Waals surface area contributed by atoms with Crippen molar-refractivity contribution >= 4 is 5.84 Å². The van der Waals surface area contributed by atoms with Crippen molar-refractivity contribution < 1.29 is 4.74 Å². The number of nitrogens with two attached hydrogens (primary N) is 1. The maximum Gasteiger partial charge on any atom is 0.316 e. The van der Waals surface area contributed by atoms with Crippen molar-refractivity contribution in [2.75, 3.05) is 6.61 Å². The monoisotopic (exact) mass is 236 g/mol. The van der Waals surface area contributed by atoms with Crippen LogP contribution in [0.4, 0.5) is 0 Å². The molecule has 0 fully saturated rings. The summed E-state index contributed by atoms with van der Waals surface area (Å²) < 4.78 is 5.40. The van der Waals surface area contributed by atoms with Gasteiger partial charge in [0.2, 0.25) is 0 Å². The summed E-state index contributed by atoms with van der Waals surface area (Å²) >= 11 is 0. The lowest BCUT2D eigenvalue weighted by atomic mass is 10.2. The number of amidine groups is 1. The maximum atomic E-state index is 7.25. The Hall–Kier alpha value is -1.65. The molecule has 0 saturated heterocycles. The zero-order chi connectivity index (χ0) is 12.5. The third-order valence-corrected chi connectivity index (χ3v) is 2.39. The van der Waals surface area contributed by atoms with E-state index in [0.717, 1.165) is 6.42 Å². The summed E-state index contributed by atoms with van der Waals surface area (Å²) in [4.78, 5) is 7.99. The summed E-state index contributed by atoms with van der Waals surface area (Å²) in [6, 6.07) is 1.89. The third-order valence-electron chi connectivity index (χ3n) is 2.39. The number of nitrogens with zero attached hydrogens (tertiary/aromatic N) is 2. The number of aromatic nitrogens is 2. The summed E-state index contributed by atoms with van der Waals surface area (Å²) in [5, 5.41) is 7.25. The quantitative estimate of drug-likeness (QED) is 0.411. The van der Waals surface area contributed by atoms with Crippen LogP contribution >= 0.6 is 0 Å². The summed E-state index contributed by atoms with van der Waals surface area (Å²) in [6.45, 7) is 2.81. The second-order valence-corrected chi connectivity index (χ2v) is 3.90. The smallest absolute Gasteiger partial charge is 0.316 e. The van der Waals surface area contributed by atoms with E-state index in [-0.39, 0.29) is 5.84 Å². The minimum Gasteiger partial charge on any atom is -0.463 e. The minimum absolute atomic E-state index is 0.0693. The van der Waals surface area contributed by atoms with Crippen molar-refractivity contribution in [1.29, 1.82) is 5.41 Å². The molecule has 1 aromatic heterocycles. The fraction of sp³-hybridized carbons (Fsp3) is 0.583. The van der Waals surface area contributed by atoms with E-state index in [4.69, 9.17) is 15.9 Å². The largest absolute Gasteiger partial charge is 0.463 e. The van der Waals surface area contributed by atoms with Gasteiger partial charge in [-0.2, -0.15) is 4.98 Å². The van der Waals surface area contributed by atoms with Gasteiger partial charge >= 0.3 is 6.01 Å². The van der Waals surface area contributed by atoms with Gasteiger partial charge in [0.1, 0.15) is 11.5 Å². The molecular weight excluding hydrogens is 216 g/mol. The van der Waals surface area contributed by atoms with Gasteiger partial charge in [0.05, 0.1) is 6.61 Å². The first-order valence-corrected chi connectivity index (χ1v) is 6.04. The fourth-order valence-electron chi connectivity index (χ4n) is 1.43. The fourth-order valence-corrected chi connectivity index (χ4v) is 1.43. The molecule has 0 saturated carbocycles. The van der Waals surface area contributed by atoms with Crippen LogP contribution in [0.3, 0.4) is 0 Å². The normalized spacial score (nSPS) is 10.2. The lowest BCUT2D eigenvalue weighted by Crippen LogP contribution is -2.14. The van der Waals surface area contributed by atoms with Gasteiger partial charge < -0.3 is 10.5 Å².